The number of nitrogens with one attached hydrogen (secondary N) is 1. The third kappa shape index (κ3) is 4.49. The molecular formula is C15H20FNO3. The molecule has 110 valence electrons. The Morgan fingerprint density at radius 3 is 2.70 bits per heavy atom. The number of carbonyl (C=O) groups is 1. The molecule has 1 aliphatic heterocycles. The van der Waals surface area contributed by atoms with Gasteiger partial charge in [-0.1, -0.05) is 0 Å². The molecule has 0 aliphatic carbocycles. The van der Waals surface area contributed by atoms with E-state index in [1.54, 1.807) is 12.1 Å². The fraction of sp³-hybridized carbons (Fsp3) is 0.533. The Bertz CT molecular complexity index is 429. The van der Waals surface area contributed by atoms with E-state index in [4.69, 9.17) is 9.47 Å². The van der Waals surface area contributed by atoms with Crippen LogP contribution < -0.4 is 10.1 Å². The van der Waals surface area contributed by atoms with E-state index in [0.717, 1.165) is 12.8 Å². The first-order valence-electron chi connectivity index (χ1n) is 6.93. The van der Waals surface area contributed by atoms with E-state index >= 15 is 0 Å². The van der Waals surface area contributed by atoms with E-state index in [0.29, 0.717) is 25.5 Å². The first-order valence-corrected chi connectivity index (χ1v) is 6.93. The molecule has 0 saturated carbocycles. The van der Waals surface area contributed by atoms with E-state index in [9.17, 15) is 9.18 Å². The molecule has 0 bridgehead atoms. The summed E-state index contributed by atoms with van der Waals surface area (Å²) in [6, 6.07) is 5.85. The lowest BCUT2D eigenvalue weighted by molar-refractivity contribution is -0.128. The summed E-state index contributed by atoms with van der Waals surface area (Å²) in [5, 5.41) is 2.89. The molecule has 1 aliphatic rings. The Morgan fingerprint density at radius 2 is 2.05 bits per heavy atom. The quantitative estimate of drug-likeness (QED) is 0.899. The van der Waals surface area contributed by atoms with Crippen LogP contribution in [-0.4, -0.2) is 31.8 Å². The van der Waals surface area contributed by atoms with Gasteiger partial charge in [0.2, 0.25) is 5.91 Å². The van der Waals surface area contributed by atoms with Crippen molar-refractivity contribution in [2.45, 2.75) is 25.9 Å². The number of halogens is 1. The van der Waals surface area contributed by atoms with Crippen molar-refractivity contribution in [2.75, 3.05) is 19.8 Å². The van der Waals surface area contributed by atoms with Crippen LogP contribution in [-0.2, 0) is 9.53 Å². The number of amides is 1. The normalized spacial score (nSPS) is 17.5. The summed E-state index contributed by atoms with van der Waals surface area (Å²) < 4.78 is 23.6. The highest BCUT2D eigenvalue weighted by atomic mass is 19.1. The van der Waals surface area contributed by atoms with Crippen LogP contribution in [0.25, 0.3) is 0 Å². The predicted octanol–water partition coefficient (Wildman–Crippen LogP) is 2.14. The summed E-state index contributed by atoms with van der Waals surface area (Å²) in [4.78, 5) is 11.9. The van der Waals surface area contributed by atoms with Gasteiger partial charge < -0.3 is 14.8 Å². The van der Waals surface area contributed by atoms with Gasteiger partial charge in [0.25, 0.3) is 0 Å². The van der Waals surface area contributed by atoms with E-state index in [-0.39, 0.29) is 23.7 Å². The topological polar surface area (TPSA) is 47.6 Å². The molecule has 1 N–H and O–H groups in total. The van der Waals surface area contributed by atoms with Crippen LogP contribution in [0.1, 0.15) is 19.8 Å². The van der Waals surface area contributed by atoms with Crippen molar-refractivity contribution in [3.05, 3.63) is 30.1 Å². The number of carbonyl (C=O) groups excluding carboxylic acids is 1. The molecule has 5 heteroatoms. The average molecular weight is 281 g/mol. The van der Waals surface area contributed by atoms with Gasteiger partial charge in [0.1, 0.15) is 17.7 Å². The van der Waals surface area contributed by atoms with Crippen molar-refractivity contribution in [3.63, 3.8) is 0 Å². The Balaban J connectivity index is 1.72. The van der Waals surface area contributed by atoms with Gasteiger partial charge >= 0.3 is 0 Å². The number of rotatable bonds is 5. The SMILES string of the molecule is C[C@@H](CNC(=O)C1CCOCC1)Oc1ccc(F)cc1. The second-order valence-corrected chi connectivity index (χ2v) is 5.01. The van der Waals surface area contributed by atoms with Crippen LogP contribution in [0.5, 0.6) is 5.75 Å². The zero-order chi connectivity index (χ0) is 14.4. The van der Waals surface area contributed by atoms with Gasteiger partial charge in [-0.3, -0.25) is 4.79 Å². The van der Waals surface area contributed by atoms with Gasteiger partial charge in [0.05, 0.1) is 6.54 Å². The molecular weight excluding hydrogens is 261 g/mol. The minimum absolute atomic E-state index is 0.0433. The van der Waals surface area contributed by atoms with Crippen molar-refractivity contribution < 1.29 is 18.7 Å². The minimum atomic E-state index is -0.294. The fourth-order valence-corrected chi connectivity index (χ4v) is 2.14. The highest BCUT2D eigenvalue weighted by molar-refractivity contribution is 5.78. The lowest BCUT2D eigenvalue weighted by atomic mass is 9.99. The maximum atomic E-state index is 12.8. The van der Waals surface area contributed by atoms with Crippen LogP contribution >= 0.6 is 0 Å². The van der Waals surface area contributed by atoms with Gasteiger partial charge in [-0.15, -0.1) is 0 Å². The van der Waals surface area contributed by atoms with Gasteiger partial charge in [-0.05, 0) is 44.0 Å². The zero-order valence-corrected chi connectivity index (χ0v) is 11.6. The molecule has 1 atom stereocenters. The van der Waals surface area contributed by atoms with Gasteiger partial charge in [0.15, 0.2) is 0 Å². The van der Waals surface area contributed by atoms with E-state index in [1.165, 1.54) is 12.1 Å². The van der Waals surface area contributed by atoms with Gasteiger partial charge in [-0.2, -0.15) is 0 Å². The Kier molecular flexibility index (Phi) is 5.35. The predicted molar refractivity (Wildman–Crippen MR) is 73.0 cm³/mol. The maximum absolute atomic E-state index is 12.8. The molecule has 1 saturated heterocycles. The molecule has 4 nitrogen and oxygen atoms in total. The molecule has 0 radical (unpaired) electrons. The molecule has 1 aromatic rings. The zero-order valence-electron chi connectivity index (χ0n) is 11.6. The van der Waals surface area contributed by atoms with Gasteiger partial charge in [0, 0.05) is 19.1 Å². The molecule has 0 aromatic heterocycles. The second-order valence-electron chi connectivity index (χ2n) is 5.01. The molecule has 0 spiro atoms. The van der Waals surface area contributed by atoms with Crippen molar-refractivity contribution >= 4 is 5.91 Å². The molecule has 1 amide bonds. The molecule has 1 heterocycles. The van der Waals surface area contributed by atoms with Crippen molar-refractivity contribution in [1.82, 2.24) is 5.32 Å². The van der Waals surface area contributed by atoms with Crippen LogP contribution in [0.3, 0.4) is 0 Å². The van der Waals surface area contributed by atoms with E-state index in [2.05, 4.69) is 5.32 Å². The van der Waals surface area contributed by atoms with E-state index in [1.807, 2.05) is 6.92 Å². The highest BCUT2D eigenvalue weighted by Gasteiger charge is 2.21. The summed E-state index contributed by atoms with van der Waals surface area (Å²) in [6.45, 7) is 3.61. The smallest absolute Gasteiger partial charge is 0.223 e. The lowest BCUT2D eigenvalue weighted by Crippen LogP contribution is -2.39. The minimum Gasteiger partial charge on any atom is -0.489 e. The first kappa shape index (κ1) is 14.8. The number of ether oxygens (including phenoxy) is 2. The Hall–Kier alpha value is -1.62. The number of hydrogen-bond acceptors (Lipinski definition) is 3. The second kappa shape index (κ2) is 7.24. The first-order chi connectivity index (χ1) is 9.65. The summed E-state index contributed by atoms with van der Waals surface area (Å²) in [5.74, 6) is 0.404. The van der Waals surface area contributed by atoms with Crippen molar-refractivity contribution in [2.24, 2.45) is 5.92 Å². The van der Waals surface area contributed by atoms with Gasteiger partial charge in [-0.25, -0.2) is 4.39 Å². The highest BCUT2D eigenvalue weighted by Crippen LogP contribution is 2.15. The van der Waals surface area contributed by atoms with Crippen LogP contribution in [0, 0.1) is 11.7 Å². The van der Waals surface area contributed by atoms with Crippen LogP contribution in [0.15, 0.2) is 24.3 Å². The Labute approximate surface area is 118 Å². The molecule has 1 aromatic carbocycles. The van der Waals surface area contributed by atoms with Crippen molar-refractivity contribution in [1.29, 1.82) is 0 Å². The average Bonchev–Trinajstić information content (AvgIpc) is 2.48. The number of benzene rings is 1. The lowest BCUT2D eigenvalue weighted by Gasteiger charge is -2.22. The third-order valence-electron chi connectivity index (χ3n) is 3.31. The number of hydrogen-bond donors (Lipinski definition) is 1. The standard InChI is InChI=1S/C15H20FNO3/c1-11(20-14-4-2-13(16)3-5-14)10-17-15(18)12-6-8-19-9-7-12/h2-5,11-12H,6-10H2,1H3,(H,17,18)/t11-/m0/s1. The van der Waals surface area contributed by atoms with Crippen LogP contribution in [0.4, 0.5) is 4.39 Å². The fourth-order valence-electron chi connectivity index (χ4n) is 2.14. The molecule has 2 rings (SSSR count). The maximum Gasteiger partial charge on any atom is 0.223 e. The molecule has 20 heavy (non-hydrogen) atoms. The monoisotopic (exact) mass is 281 g/mol. The summed E-state index contributed by atoms with van der Waals surface area (Å²) in [7, 11) is 0. The summed E-state index contributed by atoms with van der Waals surface area (Å²) >= 11 is 0. The molecule has 1 fully saturated rings. The molecule has 0 unspecified atom stereocenters. The summed E-state index contributed by atoms with van der Waals surface area (Å²) in [5.41, 5.74) is 0. The van der Waals surface area contributed by atoms with E-state index < -0.39 is 0 Å². The Morgan fingerprint density at radius 1 is 1.40 bits per heavy atom. The third-order valence-corrected chi connectivity index (χ3v) is 3.31. The van der Waals surface area contributed by atoms with Crippen molar-refractivity contribution in [3.8, 4) is 5.75 Å². The van der Waals surface area contributed by atoms with Crippen LogP contribution in [0.2, 0.25) is 0 Å². The largest absolute Gasteiger partial charge is 0.489 e. The summed E-state index contributed by atoms with van der Waals surface area (Å²) in [6.07, 6.45) is 1.39.